The summed E-state index contributed by atoms with van der Waals surface area (Å²) in [5.41, 5.74) is 6.36. The number of amides is 1. The molecule has 154 valence electrons. The highest BCUT2D eigenvalue weighted by molar-refractivity contribution is 5.92. The quantitative estimate of drug-likeness (QED) is 0.622. The van der Waals surface area contributed by atoms with Gasteiger partial charge in [0.1, 0.15) is 5.82 Å². The van der Waals surface area contributed by atoms with Crippen LogP contribution in [0.1, 0.15) is 35.1 Å². The molecule has 0 radical (unpaired) electrons. The van der Waals surface area contributed by atoms with E-state index in [0.29, 0.717) is 37.7 Å². The highest BCUT2D eigenvalue weighted by Gasteiger charge is 2.29. The van der Waals surface area contributed by atoms with Crippen molar-refractivity contribution in [3.63, 3.8) is 0 Å². The van der Waals surface area contributed by atoms with Crippen LogP contribution in [0.15, 0.2) is 41.3 Å². The van der Waals surface area contributed by atoms with Gasteiger partial charge in [-0.25, -0.2) is 14.5 Å². The number of H-pyrrole nitrogens is 1. The van der Waals surface area contributed by atoms with Crippen LogP contribution in [-0.4, -0.2) is 60.2 Å². The van der Waals surface area contributed by atoms with Gasteiger partial charge < -0.3 is 10.6 Å². The van der Waals surface area contributed by atoms with Gasteiger partial charge in [0.15, 0.2) is 5.69 Å². The maximum atomic E-state index is 12.7. The molecule has 1 aliphatic rings. The third-order valence-electron chi connectivity index (χ3n) is 4.98. The van der Waals surface area contributed by atoms with Gasteiger partial charge in [-0.3, -0.25) is 9.48 Å². The molecule has 1 saturated heterocycles. The summed E-state index contributed by atoms with van der Waals surface area (Å²) in [5.74, 6) is 0.664. The van der Waals surface area contributed by atoms with Gasteiger partial charge in [-0.15, -0.1) is 17.5 Å². The summed E-state index contributed by atoms with van der Waals surface area (Å²) in [7, 11) is 0. The number of carbonyl (C=O) groups excluding carboxylic acids is 1. The van der Waals surface area contributed by atoms with Gasteiger partial charge in [0.25, 0.3) is 5.91 Å². The van der Waals surface area contributed by atoms with Crippen LogP contribution in [-0.2, 0) is 6.54 Å². The molecule has 11 heteroatoms. The summed E-state index contributed by atoms with van der Waals surface area (Å²) < 4.78 is 3.18. The van der Waals surface area contributed by atoms with Crippen LogP contribution in [0.3, 0.4) is 0 Å². The third kappa shape index (κ3) is 4.22. The Morgan fingerprint density at radius 2 is 1.93 bits per heavy atom. The maximum absolute atomic E-state index is 12.7. The van der Waals surface area contributed by atoms with E-state index in [-0.39, 0.29) is 29.9 Å². The molecule has 1 aliphatic heterocycles. The molecule has 0 atom stereocenters. The number of aromatic amines is 1. The number of likely N-dealkylation sites (tertiary alicyclic amines) is 1. The molecule has 1 aromatic carbocycles. The van der Waals surface area contributed by atoms with E-state index in [1.54, 1.807) is 20.3 Å². The first-order valence-electron chi connectivity index (χ1n) is 9.29. The van der Waals surface area contributed by atoms with E-state index in [1.807, 2.05) is 30.3 Å². The number of hydrogen-bond donors (Lipinski definition) is 2. The Balaban J connectivity index is 0.00000240. The molecule has 3 heterocycles. The molecule has 3 N–H and O–H groups in total. The number of nitrogens with zero attached hydrogens (tertiary/aromatic N) is 6. The fourth-order valence-electron chi connectivity index (χ4n) is 3.55. The Bertz CT molecular complexity index is 1000. The zero-order chi connectivity index (χ0) is 19.5. The van der Waals surface area contributed by atoms with Crippen molar-refractivity contribution >= 4 is 18.3 Å². The normalized spacial score (nSPS) is 14.6. The molecule has 0 unspecified atom stereocenters. The fourth-order valence-corrected chi connectivity index (χ4v) is 3.55. The van der Waals surface area contributed by atoms with Crippen molar-refractivity contribution in [3.05, 3.63) is 58.5 Å². The number of benzene rings is 1. The van der Waals surface area contributed by atoms with Crippen LogP contribution >= 0.6 is 12.4 Å². The minimum absolute atomic E-state index is 0. The van der Waals surface area contributed by atoms with Crippen LogP contribution in [0.25, 0.3) is 5.69 Å². The van der Waals surface area contributed by atoms with E-state index in [0.717, 1.165) is 18.5 Å². The number of piperidine rings is 1. The molecule has 0 bridgehead atoms. The predicted molar refractivity (Wildman–Crippen MR) is 108 cm³/mol. The summed E-state index contributed by atoms with van der Waals surface area (Å²) in [6.07, 6.45) is 3.07. The van der Waals surface area contributed by atoms with Crippen molar-refractivity contribution in [2.24, 2.45) is 5.73 Å². The summed E-state index contributed by atoms with van der Waals surface area (Å²) in [5, 5.41) is 14.7. The van der Waals surface area contributed by atoms with Crippen molar-refractivity contribution in [1.29, 1.82) is 0 Å². The van der Waals surface area contributed by atoms with E-state index in [4.69, 9.17) is 5.73 Å². The molecule has 3 aromatic rings. The Labute approximate surface area is 173 Å². The standard InChI is InChI=1S/C18H22N8O2.ClH/c19-8-11-25-12-15(20-23-25)17(27)24-9-6-13(7-10-24)16-21-22-18(28)26(16)14-4-2-1-3-5-14;/h1-5,12-13H,6-11,19H2,(H,22,28);1H. The summed E-state index contributed by atoms with van der Waals surface area (Å²) >= 11 is 0. The van der Waals surface area contributed by atoms with E-state index in [1.165, 1.54) is 0 Å². The van der Waals surface area contributed by atoms with Crippen LogP contribution in [0, 0.1) is 0 Å². The van der Waals surface area contributed by atoms with Gasteiger partial charge in [0, 0.05) is 25.6 Å². The molecule has 2 aromatic heterocycles. The van der Waals surface area contributed by atoms with E-state index in [9.17, 15) is 9.59 Å². The number of aromatic nitrogens is 6. The van der Waals surface area contributed by atoms with E-state index in [2.05, 4.69) is 20.5 Å². The number of halogens is 1. The van der Waals surface area contributed by atoms with Crippen molar-refractivity contribution in [1.82, 2.24) is 34.7 Å². The molecular weight excluding hydrogens is 396 g/mol. The minimum Gasteiger partial charge on any atom is -0.337 e. The average molecular weight is 419 g/mol. The van der Waals surface area contributed by atoms with Gasteiger partial charge in [0.05, 0.1) is 18.4 Å². The van der Waals surface area contributed by atoms with Crippen molar-refractivity contribution in [2.45, 2.75) is 25.3 Å². The lowest BCUT2D eigenvalue weighted by Gasteiger charge is -2.31. The summed E-state index contributed by atoms with van der Waals surface area (Å²) in [4.78, 5) is 26.7. The number of hydrogen-bond acceptors (Lipinski definition) is 6. The first kappa shape index (κ1) is 20.7. The largest absolute Gasteiger partial charge is 0.347 e. The third-order valence-corrected chi connectivity index (χ3v) is 4.98. The molecule has 0 aliphatic carbocycles. The smallest absolute Gasteiger partial charge is 0.337 e. The Morgan fingerprint density at radius 1 is 1.21 bits per heavy atom. The second kappa shape index (κ2) is 9.01. The van der Waals surface area contributed by atoms with Gasteiger partial charge in [-0.1, -0.05) is 23.4 Å². The number of nitrogens with one attached hydrogen (secondary N) is 1. The first-order chi connectivity index (χ1) is 13.7. The molecule has 4 rings (SSSR count). The van der Waals surface area contributed by atoms with Crippen molar-refractivity contribution in [3.8, 4) is 5.69 Å². The number of para-hydroxylation sites is 1. The van der Waals surface area contributed by atoms with E-state index < -0.39 is 0 Å². The molecule has 0 saturated carbocycles. The average Bonchev–Trinajstić information content (AvgIpc) is 3.35. The van der Waals surface area contributed by atoms with Gasteiger partial charge in [-0.05, 0) is 25.0 Å². The second-order valence-electron chi connectivity index (χ2n) is 6.78. The molecule has 1 fully saturated rings. The van der Waals surface area contributed by atoms with Gasteiger partial charge >= 0.3 is 5.69 Å². The summed E-state index contributed by atoms with van der Waals surface area (Å²) in [6, 6.07) is 9.44. The molecule has 29 heavy (non-hydrogen) atoms. The number of carbonyl (C=O) groups is 1. The van der Waals surface area contributed by atoms with Crippen LogP contribution in [0.2, 0.25) is 0 Å². The SMILES string of the molecule is Cl.NCCn1cc(C(=O)N2CCC(c3n[nH]c(=O)n3-c3ccccc3)CC2)nn1. The highest BCUT2D eigenvalue weighted by atomic mass is 35.5. The predicted octanol–water partition coefficient (Wildman–Crippen LogP) is 0.552. The lowest BCUT2D eigenvalue weighted by molar-refractivity contribution is 0.0704. The fraction of sp³-hybridized carbons (Fsp3) is 0.389. The molecule has 10 nitrogen and oxygen atoms in total. The Hall–Kier alpha value is -2.98. The van der Waals surface area contributed by atoms with Crippen molar-refractivity contribution in [2.75, 3.05) is 19.6 Å². The lowest BCUT2D eigenvalue weighted by Crippen LogP contribution is -2.38. The number of nitrogens with two attached hydrogens (primary N) is 1. The molecule has 0 spiro atoms. The Kier molecular flexibility index (Phi) is 6.45. The Morgan fingerprint density at radius 3 is 2.62 bits per heavy atom. The zero-order valence-electron chi connectivity index (χ0n) is 15.8. The first-order valence-corrected chi connectivity index (χ1v) is 9.29. The zero-order valence-corrected chi connectivity index (χ0v) is 16.6. The second-order valence-corrected chi connectivity index (χ2v) is 6.78. The highest BCUT2D eigenvalue weighted by Crippen LogP contribution is 2.27. The number of rotatable bonds is 5. The van der Waals surface area contributed by atoms with Crippen LogP contribution < -0.4 is 11.4 Å². The van der Waals surface area contributed by atoms with Crippen LogP contribution in [0.4, 0.5) is 0 Å². The molecule has 1 amide bonds. The maximum Gasteiger partial charge on any atom is 0.347 e. The van der Waals surface area contributed by atoms with Gasteiger partial charge in [-0.2, -0.15) is 5.10 Å². The van der Waals surface area contributed by atoms with Crippen molar-refractivity contribution < 1.29 is 4.79 Å². The minimum atomic E-state index is -0.253. The van der Waals surface area contributed by atoms with E-state index >= 15 is 0 Å². The lowest BCUT2D eigenvalue weighted by atomic mass is 9.95. The van der Waals surface area contributed by atoms with Gasteiger partial charge in [0.2, 0.25) is 0 Å². The topological polar surface area (TPSA) is 128 Å². The van der Waals surface area contributed by atoms with Crippen LogP contribution in [0.5, 0.6) is 0 Å². The summed E-state index contributed by atoms with van der Waals surface area (Å²) in [6.45, 7) is 2.11. The molecular formula is C18H23ClN8O2. The monoisotopic (exact) mass is 418 g/mol.